The van der Waals surface area contributed by atoms with E-state index in [4.69, 9.17) is 14.6 Å². The smallest absolute Gasteiger partial charge is 0.475 e. The molecule has 1 aliphatic heterocycles. The second kappa shape index (κ2) is 9.27. The van der Waals surface area contributed by atoms with E-state index in [2.05, 4.69) is 34.6 Å². The van der Waals surface area contributed by atoms with Crippen molar-refractivity contribution in [2.24, 2.45) is 13.0 Å². The molecule has 2 aromatic heterocycles. The molecule has 1 N–H and O–H groups in total. The van der Waals surface area contributed by atoms with E-state index >= 15 is 0 Å². The number of fused-ring (bicyclic) bond motifs is 1. The molecule has 0 bridgehead atoms. The summed E-state index contributed by atoms with van der Waals surface area (Å²) in [5, 5.41) is 13.8. The molecule has 2 aliphatic rings. The molecule has 4 rings (SSSR count). The van der Waals surface area contributed by atoms with Crippen LogP contribution in [-0.4, -0.2) is 51.7 Å². The number of carbonyl (C=O) groups is 1. The molecule has 1 unspecified atom stereocenters. The molecule has 2 aromatic rings. The van der Waals surface area contributed by atoms with Crippen molar-refractivity contribution in [3.05, 3.63) is 39.8 Å². The summed E-state index contributed by atoms with van der Waals surface area (Å²) >= 11 is 1.84. The Morgan fingerprint density at radius 1 is 1.38 bits per heavy atom. The summed E-state index contributed by atoms with van der Waals surface area (Å²) in [6.07, 6.45) is -0.345. The second-order valence-corrected chi connectivity index (χ2v) is 8.44. The number of alkyl halides is 3. The normalized spacial score (nSPS) is 19.4. The molecule has 0 aromatic carbocycles. The van der Waals surface area contributed by atoms with Crippen molar-refractivity contribution in [1.82, 2.24) is 14.7 Å². The van der Waals surface area contributed by atoms with Gasteiger partial charge < -0.3 is 9.84 Å². The predicted molar refractivity (Wildman–Crippen MR) is 102 cm³/mol. The summed E-state index contributed by atoms with van der Waals surface area (Å²) in [6.45, 7) is 4.86. The molecule has 10 heteroatoms. The Hall–Kier alpha value is -1.91. The number of halogens is 3. The van der Waals surface area contributed by atoms with Crippen molar-refractivity contribution < 1.29 is 27.8 Å². The molecule has 0 spiro atoms. The number of hydrogen-bond acceptors (Lipinski definition) is 5. The van der Waals surface area contributed by atoms with Gasteiger partial charge in [0, 0.05) is 55.3 Å². The van der Waals surface area contributed by atoms with Gasteiger partial charge in [-0.25, -0.2) is 4.79 Å². The van der Waals surface area contributed by atoms with Gasteiger partial charge in [0.25, 0.3) is 0 Å². The highest BCUT2D eigenvalue weighted by Crippen LogP contribution is 2.32. The van der Waals surface area contributed by atoms with E-state index in [9.17, 15) is 13.2 Å². The van der Waals surface area contributed by atoms with E-state index in [-0.39, 0.29) is 0 Å². The fourth-order valence-electron chi connectivity index (χ4n) is 3.38. The lowest BCUT2D eigenvalue weighted by atomic mass is 9.97. The van der Waals surface area contributed by atoms with Gasteiger partial charge in [-0.3, -0.25) is 9.58 Å². The highest BCUT2D eigenvalue weighted by Gasteiger charge is 2.38. The molecular weight excluding hydrogens is 407 g/mol. The number of aromatic nitrogens is 2. The van der Waals surface area contributed by atoms with Crippen molar-refractivity contribution in [2.75, 3.05) is 19.8 Å². The van der Waals surface area contributed by atoms with Crippen LogP contribution in [0.4, 0.5) is 13.2 Å². The molecule has 3 heterocycles. The third-order valence-electron chi connectivity index (χ3n) is 4.90. The molecule has 6 nitrogen and oxygen atoms in total. The van der Waals surface area contributed by atoms with Crippen LogP contribution < -0.4 is 0 Å². The van der Waals surface area contributed by atoms with Crippen molar-refractivity contribution in [1.29, 1.82) is 0 Å². The van der Waals surface area contributed by atoms with E-state index in [1.165, 1.54) is 29.0 Å². The Balaban J connectivity index is 0.000000298. The van der Waals surface area contributed by atoms with Crippen molar-refractivity contribution in [3.8, 4) is 0 Å². The van der Waals surface area contributed by atoms with Crippen LogP contribution in [0.15, 0.2) is 23.7 Å². The van der Waals surface area contributed by atoms with Crippen LogP contribution in [0, 0.1) is 5.92 Å². The number of rotatable bonds is 6. The number of thiophene rings is 1. The first-order valence-electron chi connectivity index (χ1n) is 9.37. The molecule has 1 atom stereocenters. The standard InChI is InChI=1S/C17H23N3OS.C2HF3O2/c1-19-17-14(7-18-19)8-20(10-16-3-2-6-22-16)9-15(17)12-21-11-13-4-5-13;3-2(4,5)1(6)7/h2-3,6-7,13,15H,4-5,8-12H2,1H3;(H,6,7). The summed E-state index contributed by atoms with van der Waals surface area (Å²) in [5.41, 5.74) is 2.74. The zero-order valence-electron chi connectivity index (χ0n) is 16.1. The number of aryl methyl sites for hydroxylation is 1. The lowest BCUT2D eigenvalue weighted by Crippen LogP contribution is -2.35. The summed E-state index contributed by atoms with van der Waals surface area (Å²) in [7, 11) is 2.06. The minimum absolute atomic E-state index is 0.440. The van der Waals surface area contributed by atoms with Gasteiger partial charge in [0.1, 0.15) is 0 Å². The van der Waals surface area contributed by atoms with Crippen molar-refractivity contribution >= 4 is 17.3 Å². The van der Waals surface area contributed by atoms with Crippen LogP contribution in [0.1, 0.15) is 34.9 Å². The minimum Gasteiger partial charge on any atom is -0.475 e. The number of ether oxygens (including phenoxy) is 1. The number of carboxylic acid groups (broad SMARTS) is 1. The van der Waals surface area contributed by atoms with Crippen LogP contribution in [0.5, 0.6) is 0 Å². The van der Waals surface area contributed by atoms with Gasteiger partial charge in [0.15, 0.2) is 0 Å². The first kappa shape index (κ1) is 21.8. The quantitative estimate of drug-likeness (QED) is 0.757. The number of aliphatic carboxylic acids is 1. The Labute approximate surface area is 170 Å². The summed E-state index contributed by atoms with van der Waals surface area (Å²) in [6, 6.07) is 4.36. The lowest BCUT2D eigenvalue weighted by Gasteiger charge is -2.32. The maximum absolute atomic E-state index is 10.6. The predicted octanol–water partition coefficient (Wildman–Crippen LogP) is 3.64. The zero-order valence-corrected chi connectivity index (χ0v) is 16.9. The number of hydrogen-bond donors (Lipinski definition) is 1. The zero-order chi connectivity index (χ0) is 21.0. The van der Waals surface area contributed by atoms with Crippen LogP contribution >= 0.6 is 11.3 Å². The van der Waals surface area contributed by atoms with Crippen LogP contribution in [0.3, 0.4) is 0 Å². The van der Waals surface area contributed by atoms with E-state index in [1.54, 1.807) is 0 Å². The van der Waals surface area contributed by atoms with Gasteiger partial charge in [0.2, 0.25) is 0 Å². The Bertz CT molecular complexity index is 803. The van der Waals surface area contributed by atoms with Gasteiger partial charge >= 0.3 is 12.1 Å². The first-order chi connectivity index (χ1) is 13.7. The monoisotopic (exact) mass is 431 g/mol. The van der Waals surface area contributed by atoms with E-state index in [0.29, 0.717) is 5.92 Å². The minimum atomic E-state index is -5.08. The Morgan fingerprint density at radius 3 is 2.69 bits per heavy atom. The highest BCUT2D eigenvalue weighted by molar-refractivity contribution is 7.09. The second-order valence-electron chi connectivity index (χ2n) is 7.41. The molecule has 0 amide bonds. The third kappa shape index (κ3) is 6.28. The molecule has 0 saturated heterocycles. The lowest BCUT2D eigenvalue weighted by molar-refractivity contribution is -0.192. The molecule has 1 aliphatic carbocycles. The number of nitrogens with zero attached hydrogens (tertiary/aromatic N) is 3. The van der Waals surface area contributed by atoms with Gasteiger partial charge in [-0.15, -0.1) is 11.3 Å². The SMILES string of the molecule is Cn1ncc2c1C(COCC1CC1)CN(Cc1cccs1)C2.O=C(O)C(F)(F)F. The molecule has 1 saturated carbocycles. The fourth-order valence-corrected chi connectivity index (χ4v) is 4.13. The van der Waals surface area contributed by atoms with Crippen LogP contribution in [0.25, 0.3) is 0 Å². The van der Waals surface area contributed by atoms with E-state index in [1.807, 2.05) is 22.2 Å². The Morgan fingerprint density at radius 2 is 2.10 bits per heavy atom. The van der Waals surface area contributed by atoms with Gasteiger partial charge in [0.05, 0.1) is 12.8 Å². The Kier molecular flexibility index (Phi) is 6.97. The first-order valence-corrected chi connectivity index (χ1v) is 10.3. The average Bonchev–Trinajstić information content (AvgIpc) is 3.18. The van der Waals surface area contributed by atoms with E-state index in [0.717, 1.165) is 38.8 Å². The number of carboxylic acids is 1. The highest BCUT2D eigenvalue weighted by atomic mass is 32.1. The molecular formula is C19H24F3N3O3S. The van der Waals surface area contributed by atoms with Gasteiger partial charge in [-0.2, -0.15) is 18.3 Å². The van der Waals surface area contributed by atoms with Crippen molar-refractivity contribution in [3.63, 3.8) is 0 Å². The molecule has 160 valence electrons. The molecule has 1 fully saturated rings. The maximum Gasteiger partial charge on any atom is 0.490 e. The molecule has 29 heavy (non-hydrogen) atoms. The van der Waals surface area contributed by atoms with E-state index < -0.39 is 12.1 Å². The topological polar surface area (TPSA) is 67.6 Å². The fraction of sp³-hybridized carbons (Fsp3) is 0.579. The summed E-state index contributed by atoms with van der Waals surface area (Å²) in [4.78, 5) is 12.9. The molecule has 0 radical (unpaired) electrons. The largest absolute Gasteiger partial charge is 0.490 e. The van der Waals surface area contributed by atoms with Crippen LogP contribution in [-0.2, 0) is 29.7 Å². The maximum atomic E-state index is 10.6. The third-order valence-corrected chi connectivity index (χ3v) is 5.76. The van der Waals surface area contributed by atoms with Gasteiger partial charge in [-0.1, -0.05) is 6.07 Å². The summed E-state index contributed by atoms with van der Waals surface area (Å²) < 4.78 is 39.8. The van der Waals surface area contributed by atoms with Crippen molar-refractivity contribution in [2.45, 2.75) is 38.0 Å². The van der Waals surface area contributed by atoms with Gasteiger partial charge in [-0.05, 0) is 30.2 Å². The summed E-state index contributed by atoms with van der Waals surface area (Å²) in [5.74, 6) is -1.49. The van der Waals surface area contributed by atoms with Crippen LogP contribution in [0.2, 0.25) is 0 Å². The average molecular weight is 431 g/mol.